The van der Waals surface area contributed by atoms with Crippen LogP contribution >= 0.6 is 0 Å². The minimum Gasteiger partial charge on any atom is -0.354 e. The molecule has 0 aromatic heterocycles. The number of amides is 1. The van der Waals surface area contributed by atoms with Gasteiger partial charge in [-0.25, -0.2) is 0 Å². The third-order valence-electron chi connectivity index (χ3n) is 4.31. The molecule has 2 N–H and O–H groups in total. The first-order valence-corrected chi connectivity index (χ1v) is 6.80. The predicted molar refractivity (Wildman–Crippen MR) is 65.2 cm³/mol. The lowest BCUT2D eigenvalue weighted by molar-refractivity contribution is -0.127. The molecule has 1 saturated carbocycles. The van der Waals surface area contributed by atoms with E-state index in [0.29, 0.717) is 0 Å². The Kier molecular flexibility index (Phi) is 3.85. The summed E-state index contributed by atoms with van der Waals surface area (Å²) in [7, 11) is 0. The standard InChI is InChI=1S/C13H24N2O/c1-2-13(8-5-9-15-13)12(16)14-10-11-6-3-4-7-11/h11,15H,2-10H2,1H3,(H,14,16). The normalized spacial score (nSPS) is 30.8. The molecule has 2 aliphatic rings. The van der Waals surface area contributed by atoms with E-state index in [1.54, 1.807) is 0 Å². The minimum absolute atomic E-state index is 0.236. The van der Waals surface area contributed by atoms with Gasteiger partial charge in [-0.1, -0.05) is 19.8 Å². The van der Waals surface area contributed by atoms with E-state index in [1.807, 2.05) is 0 Å². The second-order valence-electron chi connectivity index (χ2n) is 5.33. The molecule has 1 saturated heterocycles. The Balaban J connectivity index is 1.81. The van der Waals surface area contributed by atoms with Gasteiger partial charge in [-0.15, -0.1) is 0 Å². The average Bonchev–Trinajstić information content (AvgIpc) is 2.97. The van der Waals surface area contributed by atoms with Crippen molar-refractivity contribution in [1.29, 1.82) is 0 Å². The summed E-state index contributed by atoms with van der Waals surface area (Å²) in [4.78, 5) is 12.2. The molecule has 3 heteroatoms. The van der Waals surface area contributed by atoms with Crippen LogP contribution in [0.1, 0.15) is 51.9 Å². The zero-order valence-corrected chi connectivity index (χ0v) is 10.3. The maximum absolute atomic E-state index is 12.2. The Hall–Kier alpha value is -0.570. The van der Waals surface area contributed by atoms with Crippen molar-refractivity contribution in [1.82, 2.24) is 10.6 Å². The fourth-order valence-electron chi connectivity index (χ4n) is 3.08. The first kappa shape index (κ1) is 11.9. The lowest BCUT2D eigenvalue weighted by Gasteiger charge is -2.27. The fourth-order valence-corrected chi connectivity index (χ4v) is 3.08. The molecule has 0 spiro atoms. The van der Waals surface area contributed by atoms with E-state index in [1.165, 1.54) is 25.7 Å². The first-order valence-electron chi connectivity index (χ1n) is 6.80. The highest BCUT2D eigenvalue weighted by Gasteiger charge is 2.39. The van der Waals surface area contributed by atoms with E-state index in [4.69, 9.17) is 0 Å². The zero-order chi connectivity index (χ0) is 11.4. The van der Waals surface area contributed by atoms with Crippen molar-refractivity contribution < 1.29 is 4.79 Å². The molecule has 1 aliphatic heterocycles. The lowest BCUT2D eigenvalue weighted by atomic mass is 9.93. The summed E-state index contributed by atoms with van der Waals surface area (Å²) in [6.45, 7) is 3.99. The SMILES string of the molecule is CCC1(C(=O)NCC2CCCC2)CCCN1. The predicted octanol–water partition coefficient (Wildman–Crippen LogP) is 1.82. The number of hydrogen-bond donors (Lipinski definition) is 2. The second-order valence-corrected chi connectivity index (χ2v) is 5.33. The van der Waals surface area contributed by atoms with Crippen molar-refractivity contribution in [2.75, 3.05) is 13.1 Å². The van der Waals surface area contributed by atoms with E-state index in [9.17, 15) is 4.79 Å². The number of rotatable bonds is 4. The zero-order valence-electron chi connectivity index (χ0n) is 10.3. The molecule has 0 radical (unpaired) electrons. The Bertz CT molecular complexity index is 240. The van der Waals surface area contributed by atoms with Gasteiger partial charge in [0.15, 0.2) is 0 Å². The van der Waals surface area contributed by atoms with E-state index >= 15 is 0 Å². The number of carbonyl (C=O) groups excluding carboxylic acids is 1. The van der Waals surface area contributed by atoms with E-state index in [2.05, 4.69) is 17.6 Å². The summed E-state index contributed by atoms with van der Waals surface area (Å²) in [6.07, 6.45) is 8.32. The van der Waals surface area contributed by atoms with Gasteiger partial charge in [-0.2, -0.15) is 0 Å². The first-order chi connectivity index (χ1) is 7.77. The molecule has 1 aliphatic carbocycles. The van der Waals surface area contributed by atoms with E-state index in [-0.39, 0.29) is 11.4 Å². The van der Waals surface area contributed by atoms with Crippen LogP contribution in [0.2, 0.25) is 0 Å². The largest absolute Gasteiger partial charge is 0.354 e. The molecule has 1 atom stereocenters. The molecule has 92 valence electrons. The second kappa shape index (κ2) is 5.17. The Labute approximate surface area is 98.4 Å². The van der Waals surface area contributed by atoms with Crippen LogP contribution in [0.5, 0.6) is 0 Å². The summed E-state index contributed by atoms with van der Waals surface area (Å²) >= 11 is 0. The van der Waals surface area contributed by atoms with Gasteiger partial charge in [-0.05, 0) is 44.6 Å². The van der Waals surface area contributed by atoms with Gasteiger partial charge in [0.25, 0.3) is 0 Å². The minimum atomic E-state index is -0.251. The third-order valence-corrected chi connectivity index (χ3v) is 4.31. The molecular formula is C13H24N2O. The molecule has 1 amide bonds. The molecule has 2 rings (SSSR count). The van der Waals surface area contributed by atoms with Crippen LogP contribution in [0.4, 0.5) is 0 Å². The van der Waals surface area contributed by atoms with E-state index < -0.39 is 0 Å². The molecule has 0 aromatic rings. The van der Waals surface area contributed by atoms with Crippen LogP contribution in [0.25, 0.3) is 0 Å². The fraction of sp³-hybridized carbons (Fsp3) is 0.923. The highest BCUT2D eigenvalue weighted by atomic mass is 16.2. The maximum atomic E-state index is 12.2. The molecule has 16 heavy (non-hydrogen) atoms. The third kappa shape index (κ3) is 2.40. The summed E-state index contributed by atoms with van der Waals surface area (Å²) in [5.41, 5.74) is -0.251. The van der Waals surface area contributed by atoms with Gasteiger partial charge >= 0.3 is 0 Å². The van der Waals surface area contributed by atoms with Gasteiger partial charge in [0.05, 0.1) is 5.54 Å². The van der Waals surface area contributed by atoms with Crippen LogP contribution in [-0.2, 0) is 4.79 Å². The van der Waals surface area contributed by atoms with E-state index in [0.717, 1.165) is 38.3 Å². The van der Waals surface area contributed by atoms with Crippen molar-refractivity contribution in [2.45, 2.75) is 57.4 Å². The molecule has 1 unspecified atom stereocenters. The molecule has 0 aromatic carbocycles. The number of carbonyl (C=O) groups is 1. The van der Waals surface area contributed by atoms with Crippen molar-refractivity contribution in [3.63, 3.8) is 0 Å². The Morgan fingerprint density at radius 1 is 1.38 bits per heavy atom. The summed E-state index contributed by atoms with van der Waals surface area (Å²) < 4.78 is 0. The van der Waals surface area contributed by atoms with Gasteiger partial charge in [0.1, 0.15) is 0 Å². The van der Waals surface area contributed by atoms with Gasteiger partial charge in [0, 0.05) is 6.54 Å². The number of nitrogens with one attached hydrogen (secondary N) is 2. The highest BCUT2D eigenvalue weighted by Crippen LogP contribution is 2.25. The molecule has 0 bridgehead atoms. The Morgan fingerprint density at radius 3 is 2.69 bits per heavy atom. The molecule has 1 heterocycles. The maximum Gasteiger partial charge on any atom is 0.240 e. The molecular weight excluding hydrogens is 200 g/mol. The number of hydrogen-bond acceptors (Lipinski definition) is 2. The summed E-state index contributed by atoms with van der Waals surface area (Å²) in [5, 5.41) is 6.54. The monoisotopic (exact) mass is 224 g/mol. The quantitative estimate of drug-likeness (QED) is 0.765. The smallest absolute Gasteiger partial charge is 0.240 e. The van der Waals surface area contributed by atoms with Gasteiger partial charge < -0.3 is 10.6 Å². The van der Waals surface area contributed by atoms with Crippen LogP contribution in [0, 0.1) is 5.92 Å². The van der Waals surface area contributed by atoms with Gasteiger partial charge in [-0.3, -0.25) is 4.79 Å². The molecule has 3 nitrogen and oxygen atoms in total. The van der Waals surface area contributed by atoms with Crippen molar-refractivity contribution in [3.05, 3.63) is 0 Å². The van der Waals surface area contributed by atoms with Crippen molar-refractivity contribution >= 4 is 5.91 Å². The van der Waals surface area contributed by atoms with Gasteiger partial charge in [0.2, 0.25) is 5.91 Å². The van der Waals surface area contributed by atoms with Crippen LogP contribution < -0.4 is 10.6 Å². The lowest BCUT2D eigenvalue weighted by Crippen LogP contribution is -2.53. The Morgan fingerprint density at radius 2 is 2.12 bits per heavy atom. The summed E-state index contributed by atoms with van der Waals surface area (Å²) in [6, 6.07) is 0. The van der Waals surface area contributed by atoms with Crippen LogP contribution in [0.3, 0.4) is 0 Å². The highest BCUT2D eigenvalue weighted by molar-refractivity contribution is 5.86. The summed E-state index contributed by atoms with van der Waals surface area (Å²) in [5.74, 6) is 0.971. The average molecular weight is 224 g/mol. The van der Waals surface area contributed by atoms with Crippen molar-refractivity contribution in [2.24, 2.45) is 5.92 Å². The molecule has 2 fully saturated rings. The topological polar surface area (TPSA) is 41.1 Å². The van der Waals surface area contributed by atoms with Crippen LogP contribution in [-0.4, -0.2) is 24.5 Å². The van der Waals surface area contributed by atoms with Crippen LogP contribution in [0.15, 0.2) is 0 Å². The van der Waals surface area contributed by atoms with Crippen molar-refractivity contribution in [3.8, 4) is 0 Å².